The number of hydrogen-bond donors (Lipinski definition) is 2. The van der Waals surface area contributed by atoms with Crippen molar-refractivity contribution in [2.75, 3.05) is 19.6 Å². The van der Waals surface area contributed by atoms with Crippen molar-refractivity contribution in [1.82, 2.24) is 4.98 Å². The molecule has 0 radical (unpaired) electrons. The van der Waals surface area contributed by atoms with Gasteiger partial charge in [-0.15, -0.1) is 0 Å². The van der Waals surface area contributed by atoms with Crippen molar-refractivity contribution in [3.63, 3.8) is 0 Å². The van der Waals surface area contributed by atoms with E-state index in [4.69, 9.17) is 26.9 Å². The molecule has 0 spiro atoms. The smallest absolute Gasteiger partial charge is 0.164 e. The number of benzene rings is 1. The van der Waals surface area contributed by atoms with E-state index in [1.54, 1.807) is 20.3 Å². The largest absolute Gasteiger partial charge is 0.496 e. The van der Waals surface area contributed by atoms with Crippen molar-refractivity contribution >= 4 is 28.3 Å². The van der Waals surface area contributed by atoms with Gasteiger partial charge in [-0.05, 0) is 18.6 Å². The molecule has 6 heteroatoms. The van der Waals surface area contributed by atoms with Crippen LogP contribution >= 0.6 is 11.6 Å². The molecule has 0 unspecified atom stereocenters. The van der Waals surface area contributed by atoms with Crippen LogP contribution in [0.15, 0.2) is 12.1 Å². The van der Waals surface area contributed by atoms with E-state index in [-0.39, 0.29) is 0 Å². The number of hydrazine groups is 1. The number of fused-ring (bicyclic) bond motifs is 1. The first-order chi connectivity index (χ1) is 8.62. The van der Waals surface area contributed by atoms with Crippen LogP contribution in [0.3, 0.4) is 0 Å². The Morgan fingerprint density at radius 1 is 1.28 bits per heavy atom. The number of ether oxygens (including phenoxy) is 2. The highest BCUT2D eigenvalue weighted by Crippen LogP contribution is 2.39. The number of methoxy groups -OCH3 is 2. The van der Waals surface area contributed by atoms with E-state index < -0.39 is 0 Å². The average molecular weight is 268 g/mol. The Balaban J connectivity index is 2.89. The van der Waals surface area contributed by atoms with Gasteiger partial charge in [0.15, 0.2) is 5.75 Å². The molecule has 0 aliphatic heterocycles. The maximum Gasteiger partial charge on any atom is 0.164 e. The first-order valence-electron chi connectivity index (χ1n) is 5.30. The van der Waals surface area contributed by atoms with Crippen molar-refractivity contribution in [3.8, 4) is 11.5 Å². The molecule has 5 nitrogen and oxygen atoms in total. The molecule has 0 saturated carbocycles. The van der Waals surface area contributed by atoms with E-state index in [0.717, 1.165) is 10.9 Å². The summed E-state index contributed by atoms with van der Waals surface area (Å²) in [5.74, 6) is 7.15. The number of aryl methyl sites for hydroxylation is 1. The molecule has 0 bridgehead atoms. The summed E-state index contributed by atoms with van der Waals surface area (Å²) in [6.07, 6.45) is 0. The van der Waals surface area contributed by atoms with Gasteiger partial charge in [0.25, 0.3) is 0 Å². The van der Waals surface area contributed by atoms with E-state index >= 15 is 0 Å². The van der Waals surface area contributed by atoms with Crippen LogP contribution in [-0.4, -0.2) is 19.2 Å². The highest BCUT2D eigenvalue weighted by Gasteiger charge is 2.15. The van der Waals surface area contributed by atoms with Crippen molar-refractivity contribution in [2.45, 2.75) is 6.92 Å². The van der Waals surface area contributed by atoms with Crippen molar-refractivity contribution in [1.29, 1.82) is 0 Å². The van der Waals surface area contributed by atoms with Crippen molar-refractivity contribution < 1.29 is 9.47 Å². The summed E-state index contributed by atoms with van der Waals surface area (Å²) in [5, 5.41) is 1.27. The van der Waals surface area contributed by atoms with Crippen LogP contribution < -0.4 is 20.7 Å². The van der Waals surface area contributed by atoms with Gasteiger partial charge in [-0.1, -0.05) is 11.6 Å². The van der Waals surface area contributed by atoms with Gasteiger partial charge in [-0.3, -0.25) is 0 Å². The lowest BCUT2D eigenvalue weighted by atomic mass is 10.1. The number of rotatable bonds is 3. The second-order valence-electron chi connectivity index (χ2n) is 3.79. The lowest BCUT2D eigenvalue weighted by Crippen LogP contribution is -2.10. The summed E-state index contributed by atoms with van der Waals surface area (Å²) >= 11 is 6.13. The highest BCUT2D eigenvalue weighted by molar-refractivity contribution is 6.33. The Morgan fingerprint density at radius 2 is 2.00 bits per heavy atom. The minimum atomic E-state index is 0.446. The molecule has 0 amide bonds. The molecular formula is C12H14ClN3O2. The molecule has 18 heavy (non-hydrogen) atoms. The third-order valence-electron chi connectivity index (χ3n) is 2.73. The zero-order valence-electron chi connectivity index (χ0n) is 10.4. The number of aromatic nitrogens is 1. The van der Waals surface area contributed by atoms with Crippen LogP contribution in [0, 0.1) is 6.92 Å². The van der Waals surface area contributed by atoms with E-state index in [1.165, 1.54) is 0 Å². The molecule has 96 valence electrons. The Kier molecular flexibility index (Phi) is 3.45. The SMILES string of the molecule is COc1cc(Cl)c(OC)c2nc(NN)c(C)cc12. The van der Waals surface area contributed by atoms with Gasteiger partial charge < -0.3 is 14.9 Å². The topological polar surface area (TPSA) is 69.4 Å². The number of nitrogen functional groups attached to an aromatic ring is 1. The van der Waals surface area contributed by atoms with Crippen molar-refractivity contribution in [2.24, 2.45) is 5.84 Å². The van der Waals surface area contributed by atoms with Gasteiger partial charge in [0.1, 0.15) is 17.1 Å². The van der Waals surface area contributed by atoms with Crippen LogP contribution in [0.2, 0.25) is 5.02 Å². The summed E-state index contributed by atoms with van der Waals surface area (Å²) in [7, 11) is 3.13. The summed E-state index contributed by atoms with van der Waals surface area (Å²) in [5.41, 5.74) is 4.07. The molecule has 1 aromatic carbocycles. The fourth-order valence-electron chi connectivity index (χ4n) is 1.86. The summed E-state index contributed by atoms with van der Waals surface area (Å²) in [4.78, 5) is 4.41. The molecular weight excluding hydrogens is 254 g/mol. The van der Waals surface area contributed by atoms with Gasteiger partial charge in [0, 0.05) is 11.5 Å². The first-order valence-corrected chi connectivity index (χ1v) is 5.68. The first kappa shape index (κ1) is 12.7. The molecule has 1 heterocycles. The van der Waals surface area contributed by atoms with E-state index in [9.17, 15) is 0 Å². The molecule has 0 saturated heterocycles. The van der Waals surface area contributed by atoms with Crippen molar-refractivity contribution in [3.05, 3.63) is 22.7 Å². The lowest BCUT2D eigenvalue weighted by molar-refractivity contribution is 0.410. The third-order valence-corrected chi connectivity index (χ3v) is 3.01. The summed E-state index contributed by atoms with van der Waals surface area (Å²) in [6.45, 7) is 1.90. The van der Waals surface area contributed by atoms with E-state index in [1.807, 2.05) is 13.0 Å². The minimum Gasteiger partial charge on any atom is -0.496 e. The Hall–Kier alpha value is -1.72. The summed E-state index contributed by atoms with van der Waals surface area (Å²) < 4.78 is 10.6. The number of nitrogens with one attached hydrogen (secondary N) is 1. The monoisotopic (exact) mass is 267 g/mol. The Labute approximate surface area is 110 Å². The normalized spacial score (nSPS) is 10.5. The van der Waals surface area contributed by atoms with Gasteiger partial charge >= 0.3 is 0 Å². The molecule has 0 fully saturated rings. The van der Waals surface area contributed by atoms with Crippen LogP contribution in [0.1, 0.15) is 5.56 Å². The van der Waals surface area contributed by atoms with E-state index in [2.05, 4.69) is 10.4 Å². The fraction of sp³-hybridized carbons (Fsp3) is 0.250. The third kappa shape index (κ3) is 1.91. The average Bonchev–Trinajstić information content (AvgIpc) is 2.37. The fourth-order valence-corrected chi connectivity index (χ4v) is 2.12. The molecule has 3 N–H and O–H groups in total. The second kappa shape index (κ2) is 4.88. The van der Waals surface area contributed by atoms with Gasteiger partial charge in [0.2, 0.25) is 0 Å². The zero-order valence-corrected chi connectivity index (χ0v) is 11.1. The predicted molar refractivity (Wildman–Crippen MR) is 72.4 cm³/mol. The number of nitrogens with two attached hydrogens (primary N) is 1. The molecule has 2 rings (SSSR count). The van der Waals surface area contributed by atoms with E-state index in [0.29, 0.717) is 27.9 Å². The highest BCUT2D eigenvalue weighted by atomic mass is 35.5. The lowest BCUT2D eigenvalue weighted by Gasteiger charge is -2.13. The maximum atomic E-state index is 6.13. The number of hydrogen-bond acceptors (Lipinski definition) is 5. The molecule has 1 aromatic heterocycles. The van der Waals surface area contributed by atoms with Crippen LogP contribution in [0.25, 0.3) is 10.9 Å². The number of halogens is 1. The van der Waals surface area contributed by atoms with Crippen LogP contribution in [-0.2, 0) is 0 Å². The number of anilines is 1. The summed E-state index contributed by atoms with van der Waals surface area (Å²) in [6, 6.07) is 3.63. The molecule has 0 atom stereocenters. The van der Waals surface area contributed by atoms with Gasteiger partial charge in [-0.2, -0.15) is 0 Å². The molecule has 0 aliphatic rings. The number of nitrogens with zero attached hydrogens (tertiary/aromatic N) is 1. The zero-order chi connectivity index (χ0) is 13.3. The number of pyridine rings is 1. The Bertz CT molecular complexity index is 602. The second-order valence-corrected chi connectivity index (χ2v) is 4.20. The standard InChI is InChI=1S/C12H14ClN3O2/c1-6-4-7-9(17-2)5-8(13)11(18-3)10(7)15-12(6)16-14/h4-5H,14H2,1-3H3,(H,15,16). The molecule has 2 aromatic rings. The van der Waals surface area contributed by atoms with Gasteiger partial charge in [0.05, 0.1) is 19.2 Å². The quantitative estimate of drug-likeness (QED) is 0.660. The van der Waals surface area contributed by atoms with Crippen LogP contribution in [0.5, 0.6) is 11.5 Å². The predicted octanol–water partition coefficient (Wildman–Crippen LogP) is 2.50. The van der Waals surface area contributed by atoms with Crippen LogP contribution in [0.4, 0.5) is 5.82 Å². The Morgan fingerprint density at radius 3 is 2.56 bits per heavy atom. The molecule has 0 aliphatic carbocycles. The van der Waals surface area contributed by atoms with Gasteiger partial charge in [-0.25, -0.2) is 10.8 Å². The minimum absolute atomic E-state index is 0.446. The maximum absolute atomic E-state index is 6.13.